The molecule has 2 bridgehead atoms. The topological polar surface area (TPSA) is 87.5 Å². The average molecular weight is 377 g/mol. The molecule has 3 aliphatic heterocycles. The average Bonchev–Trinajstić information content (AvgIpc) is 3.20. The molecule has 6 heteroatoms. The molecule has 1 aliphatic carbocycles. The van der Waals surface area contributed by atoms with Gasteiger partial charge in [0.05, 0.1) is 6.04 Å². The minimum absolute atomic E-state index is 0.0255. The van der Waals surface area contributed by atoms with Gasteiger partial charge in [0.2, 0.25) is 11.8 Å². The van der Waals surface area contributed by atoms with E-state index in [1.54, 1.807) is 0 Å². The Bertz CT molecular complexity index is 554. The number of amides is 2. The van der Waals surface area contributed by atoms with Crippen molar-refractivity contribution < 1.29 is 9.59 Å². The van der Waals surface area contributed by atoms with Crippen molar-refractivity contribution in [3.63, 3.8) is 0 Å². The molecule has 4 rings (SSSR count). The van der Waals surface area contributed by atoms with E-state index in [9.17, 15) is 9.59 Å². The molecule has 0 spiro atoms. The van der Waals surface area contributed by atoms with Crippen LogP contribution in [0.1, 0.15) is 71.1 Å². The van der Waals surface area contributed by atoms with Gasteiger partial charge < -0.3 is 21.3 Å². The fraction of sp³-hybridized carbons (Fsp3) is 0.905. The first-order valence-corrected chi connectivity index (χ1v) is 11.1. The monoisotopic (exact) mass is 376 g/mol. The van der Waals surface area contributed by atoms with Crippen molar-refractivity contribution in [3.8, 4) is 0 Å². The second-order valence-corrected chi connectivity index (χ2v) is 9.40. The van der Waals surface area contributed by atoms with Gasteiger partial charge in [-0.1, -0.05) is 13.3 Å². The van der Waals surface area contributed by atoms with Crippen LogP contribution in [0.5, 0.6) is 0 Å². The molecule has 0 aromatic heterocycles. The maximum atomic E-state index is 12.9. The molecule has 5 unspecified atom stereocenters. The summed E-state index contributed by atoms with van der Waals surface area (Å²) in [7, 11) is 0. The molecule has 6 nitrogen and oxygen atoms in total. The maximum absolute atomic E-state index is 12.9. The number of piperidine rings is 1. The zero-order chi connectivity index (χ0) is 19.0. The molecular weight excluding hydrogens is 340 g/mol. The SMILES string of the molecule is CC1CCCC2CC(C(=O)NC3C[C@H]4CC[C@@H](C3)N4C(=O)CCCN)NC12. The highest BCUT2D eigenvalue weighted by molar-refractivity contribution is 5.82. The van der Waals surface area contributed by atoms with Gasteiger partial charge in [0.1, 0.15) is 0 Å². The molecule has 7 atom stereocenters. The highest BCUT2D eigenvalue weighted by atomic mass is 16.2. The van der Waals surface area contributed by atoms with Crippen molar-refractivity contribution in [2.45, 2.75) is 101 Å². The van der Waals surface area contributed by atoms with Gasteiger partial charge in [0.25, 0.3) is 0 Å². The molecule has 27 heavy (non-hydrogen) atoms. The lowest BCUT2D eigenvalue weighted by Gasteiger charge is -2.39. The van der Waals surface area contributed by atoms with Crippen LogP contribution in [0.25, 0.3) is 0 Å². The summed E-state index contributed by atoms with van der Waals surface area (Å²) < 4.78 is 0. The number of carbonyl (C=O) groups excluding carboxylic acids is 2. The minimum atomic E-state index is -0.0255. The van der Waals surface area contributed by atoms with Crippen molar-refractivity contribution >= 4 is 11.8 Å². The van der Waals surface area contributed by atoms with Gasteiger partial charge in [-0.25, -0.2) is 0 Å². The molecule has 4 N–H and O–H groups in total. The molecule has 3 saturated heterocycles. The smallest absolute Gasteiger partial charge is 0.237 e. The summed E-state index contributed by atoms with van der Waals surface area (Å²) in [4.78, 5) is 27.5. The number of hydrogen-bond donors (Lipinski definition) is 3. The fourth-order valence-electron chi connectivity index (χ4n) is 6.26. The zero-order valence-electron chi connectivity index (χ0n) is 16.7. The summed E-state index contributed by atoms with van der Waals surface area (Å²) in [6.07, 6.45) is 10.1. The van der Waals surface area contributed by atoms with Crippen LogP contribution >= 0.6 is 0 Å². The number of nitrogens with zero attached hydrogens (tertiary/aromatic N) is 1. The molecule has 0 radical (unpaired) electrons. The number of rotatable bonds is 5. The van der Waals surface area contributed by atoms with E-state index in [0.29, 0.717) is 42.9 Å². The van der Waals surface area contributed by atoms with Gasteiger partial charge in [0, 0.05) is 30.6 Å². The Morgan fingerprint density at radius 3 is 2.52 bits per heavy atom. The second-order valence-electron chi connectivity index (χ2n) is 9.40. The molecule has 4 fully saturated rings. The summed E-state index contributed by atoms with van der Waals surface area (Å²) in [5, 5.41) is 6.96. The molecule has 152 valence electrons. The minimum Gasteiger partial charge on any atom is -0.352 e. The molecule has 3 heterocycles. The first-order chi connectivity index (χ1) is 13.1. The standard InChI is InChI=1S/C21H36N4O2/c1-13-4-2-5-14-10-18(24-20(13)14)21(27)23-15-11-16-7-8-17(12-15)25(16)19(26)6-3-9-22/h13-18,20,24H,2-12,22H2,1H3,(H,23,27)/t13?,14?,15?,16-,17+,18?,20?. The largest absolute Gasteiger partial charge is 0.352 e. The van der Waals surface area contributed by atoms with E-state index in [1.807, 2.05) is 0 Å². The summed E-state index contributed by atoms with van der Waals surface area (Å²) in [5.41, 5.74) is 5.56. The highest BCUT2D eigenvalue weighted by Gasteiger charge is 2.45. The Balaban J connectivity index is 1.30. The summed E-state index contributed by atoms with van der Waals surface area (Å²) in [5.74, 6) is 1.79. The molecule has 0 aromatic carbocycles. The van der Waals surface area contributed by atoms with Crippen molar-refractivity contribution in [2.24, 2.45) is 17.6 Å². The van der Waals surface area contributed by atoms with Gasteiger partial charge in [0.15, 0.2) is 0 Å². The summed E-state index contributed by atoms with van der Waals surface area (Å²) in [6.45, 7) is 2.89. The lowest BCUT2D eigenvalue weighted by Crippen LogP contribution is -2.55. The van der Waals surface area contributed by atoms with Gasteiger partial charge in [-0.3, -0.25) is 9.59 Å². The van der Waals surface area contributed by atoms with Crippen LogP contribution in [0.4, 0.5) is 0 Å². The van der Waals surface area contributed by atoms with Crippen molar-refractivity contribution in [1.82, 2.24) is 15.5 Å². The molecule has 0 aromatic rings. The maximum Gasteiger partial charge on any atom is 0.237 e. The highest BCUT2D eigenvalue weighted by Crippen LogP contribution is 2.38. The Morgan fingerprint density at radius 2 is 1.85 bits per heavy atom. The number of carbonyl (C=O) groups is 2. The van der Waals surface area contributed by atoms with E-state index in [0.717, 1.165) is 38.5 Å². The van der Waals surface area contributed by atoms with Crippen molar-refractivity contribution in [2.75, 3.05) is 6.54 Å². The molecular formula is C21H36N4O2. The molecule has 2 amide bonds. The van der Waals surface area contributed by atoms with Crippen LogP contribution in [0.15, 0.2) is 0 Å². The third kappa shape index (κ3) is 3.88. The third-order valence-corrected chi connectivity index (χ3v) is 7.57. The number of fused-ring (bicyclic) bond motifs is 3. The van der Waals surface area contributed by atoms with E-state index < -0.39 is 0 Å². The normalized spacial score (nSPS) is 40.7. The van der Waals surface area contributed by atoms with Crippen LogP contribution < -0.4 is 16.4 Å². The Morgan fingerprint density at radius 1 is 1.11 bits per heavy atom. The van der Waals surface area contributed by atoms with Gasteiger partial charge in [-0.2, -0.15) is 0 Å². The molecule has 4 aliphatic rings. The molecule has 1 saturated carbocycles. The van der Waals surface area contributed by atoms with E-state index >= 15 is 0 Å². The second kappa shape index (κ2) is 8.08. The first kappa shape index (κ1) is 19.2. The number of hydrogen-bond acceptors (Lipinski definition) is 4. The van der Waals surface area contributed by atoms with E-state index in [4.69, 9.17) is 5.73 Å². The van der Waals surface area contributed by atoms with E-state index in [-0.39, 0.29) is 23.9 Å². The van der Waals surface area contributed by atoms with Crippen molar-refractivity contribution in [3.05, 3.63) is 0 Å². The predicted octanol–water partition coefficient (Wildman–Crippen LogP) is 1.53. The number of nitrogens with two attached hydrogens (primary N) is 1. The van der Waals surface area contributed by atoms with Gasteiger partial charge >= 0.3 is 0 Å². The summed E-state index contributed by atoms with van der Waals surface area (Å²) in [6, 6.07) is 1.32. The zero-order valence-corrected chi connectivity index (χ0v) is 16.7. The fourth-order valence-corrected chi connectivity index (χ4v) is 6.26. The van der Waals surface area contributed by atoms with Crippen LogP contribution in [0, 0.1) is 11.8 Å². The Labute approximate surface area is 163 Å². The van der Waals surface area contributed by atoms with Crippen molar-refractivity contribution in [1.29, 1.82) is 0 Å². The third-order valence-electron chi connectivity index (χ3n) is 7.57. The lowest BCUT2D eigenvalue weighted by atomic mass is 9.78. The number of nitrogens with one attached hydrogen (secondary N) is 2. The lowest BCUT2D eigenvalue weighted by molar-refractivity contribution is -0.136. The van der Waals surface area contributed by atoms with E-state index in [1.165, 1.54) is 19.3 Å². The Hall–Kier alpha value is -1.14. The first-order valence-electron chi connectivity index (χ1n) is 11.1. The quantitative estimate of drug-likeness (QED) is 0.679. The van der Waals surface area contributed by atoms with Crippen LogP contribution in [-0.2, 0) is 9.59 Å². The van der Waals surface area contributed by atoms with Gasteiger partial charge in [-0.15, -0.1) is 0 Å². The van der Waals surface area contributed by atoms with E-state index in [2.05, 4.69) is 22.5 Å². The Kier molecular flexibility index (Phi) is 5.74. The van der Waals surface area contributed by atoms with Gasteiger partial charge in [-0.05, 0) is 69.7 Å². The van der Waals surface area contributed by atoms with Crippen LogP contribution in [-0.4, -0.2) is 53.5 Å². The summed E-state index contributed by atoms with van der Waals surface area (Å²) >= 11 is 0. The van der Waals surface area contributed by atoms with Crippen LogP contribution in [0.2, 0.25) is 0 Å². The predicted molar refractivity (Wildman–Crippen MR) is 105 cm³/mol. The van der Waals surface area contributed by atoms with Crippen LogP contribution in [0.3, 0.4) is 0 Å².